The molecule has 0 aliphatic rings. The highest BCUT2D eigenvalue weighted by Gasteiger charge is 2.19. The molecule has 0 bridgehead atoms. The van der Waals surface area contributed by atoms with Crippen LogP contribution >= 0.6 is 0 Å². The van der Waals surface area contributed by atoms with E-state index < -0.39 is 5.97 Å². The summed E-state index contributed by atoms with van der Waals surface area (Å²) in [7, 11) is 3.72. The normalized spacial score (nSPS) is 12.5. The summed E-state index contributed by atoms with van der Waals surface area (Å²) in [5.74, 6) is -0.977. The number of amides is 1. The van der Waals surface area contributed by atoms with Gasteiger partial charge in [-0.3, -0.25) is 14.5 Å². The average Bonchev–Trinajstić information content (AvgIpc) is 2.17. The highest BCUT2D eigenvalue weighted by molar-refractivity contribution is 5.82. The van der Waals surface area contributed by atoms with Crippen molar-refractivity contribution in [2.45, 2.75) is 38.6 Å². The minimum absolute atomic E-state index is 0.0281. The smallest absolute Gasteiger partial charge is 0.305 e. The Hall–Kier alpha value is -1.10. The lowest BCUT2D eigenvalue weighted by atomic mass is 10.2. The number of unbranched alkanes of at least 4 members (excludes halogenated alkanes) is 1. The lowest BCUT2D eigenvalue weighted by Gasteiger charge is -2.23. The first-order valence-electron chi connectivity index (χ1n) is 5.65. The summed E-state index contributed by atoms with van der Waals surface area (Å²) in [6.07, 6.45) is 2.82. The van der Waals surface area contributed by atoms with Crippen LogP contribution in [0.4, 0.5) is 0 Å². The number of carbonyl (C=O) groups is 2. The minimum atomic E-state index is -0.893. The minimum Gasteiger partial charge on any atom is -0.481 e. The molecule has 0 radical (unpaired) electrons. The molecule has 94 valence electrons. The molecule has 5 heteroatoms. The van der Waals surface area contributed by atoms with E-state index in [4.69, 9.17) is 5.11 Å². The monoisotopic (exact) mass is 234 g/mol. The lowest BCUT2D eigenvalue weighted by molar-refractivity contribution is -0.137. The van der Waals surface area contributed by atoms with E-state index in [2.05, 4.69) is 12.2 Å². The Morgan fingerprint density at radius 1 is 1.38 bits per heavy atom. The quantitative estimate of drug-likeness (QED) is 0.479. The fourth-order valence-electron chi connectivity index (χ4n) is 1.43. The third-order valence-corrected chi connectivity index (χ3v) is 2.40. The van der Waals surface area contributed by atoms with Crippen molar-refractivity contribution in [1.82, 2.24) is 10.2 Å². The van der Waals surface area contributed by atoms with Gasteiger partial charge in [0.2, 0.25) is 5.91 Å². The van der Waals surface area contributed by atoms with Gasteiger partial charge < -0.3 is 10.4 Å². The van der Waals surface area contributed by atoms with Crippen molar-refractivity contribution in [1.29, 1.82) is 0 Å². The van der Waals surface area contributed by atoms with Crippen molar-refractivity contribution in [2.75, 3.05) is 20.6 Å². The van der Waals surface area contributed by atoms with Crippen LogP contribution in [-0.4, -0.2) is 48.6 Å². The predicted molar refractivity (Wildman–Crippen MR) is 62.3 cm³/mol. The fourth-order valence-corrected chi connectivity index (χ4v) is 1.43. The zero-order valence-corrected chi connectivity index (χ0v) is 10.3. The maximum atomic E-state index is 11.7. The van der Waals surface area contributed by atoms with Gasteiger partial charge in [-0.2, -0.15) is 0 Å². The van der Waals surface area contributed by atoms with Gasteiger partial charge in [0, 0.05) is 6.54 Å². The van der Waals surface area contributed by atoms with Gasteiger partial charge in [0.15, 0.2) is 0 Å². The van der Waals surface area contributed by atoms with Gasteiger partial charge in [0.25, 0.3) is 0 Å². The van der Waals surface area contributed by atoms with Crippen molar-refractivity contribution >= 4 is 11.9 Å². The molecule has 1 unspecified atom stereocenters. The predicted octanol–water partition coefficient (Wildman–Crippen LogP) is 0.698. The van der Waals surface area contributed by atoms with Gasteiger partial charge in [-0.15, -0.1) is 0 Å². The van der Waals surface area contributed by atoms with E-state index in [-0.39, 0.29) is 24.9 Å². The summed E-state index contributed by atoms with van der Waals surface area (Å²) in [6.45, 7) is 2.28. The van der Waals surface area contributed by atoms with E-state index in [1.165, 1.54) is 0 Å². The summed E-state index contributed by atoms with van der Waals surface area (Å²) in [4.78, 5) is 23.9. The molecule has 0 aromatic heterocycles. The van der Waals surface area contributed by atoms with E-state index >= 15 is 0 Å². The van der Waals surface area contributed by atoms with E-state index in [1.54, 1.807) is 0 Å². The van der Waals surface area contributed by atoms with Crippen molar-refractivity contribution in [2.24, 2.45) is 0 Å². The molecule has 0 aliphatic carbocycles. The number of carboxylic acid groups (broad SMARTS) is 1. The van der Waals surface area contributed by atoms with Crippen LogP contribution in [0.5, 0.6) is 0 Å². The largest absolute Gasteiger partial charge is 0.481 e. The number of rotatable bonds is 8. The van der Waals surface area contributed by atoms with Crippen molar-refractivity contribution in [3.05, 3.63) is 0 Å². The number of likely N-dealkylation sites (N-methyl/N-ethyl adjacent to an activating group) is 1. The second-order valence-corrected chi connectivity index (χ2v) is 4.06. The van der Waals surface area contributed by atoms with Gasteiger partial charge in [-0.25, -0.2) is 0 Å². The van der Waals surface area contributed by atoms with E-state index in [0.29, 0.717) is 0 Å². The van der Waals surface area contributed by atoms with Crippen molar-refractivity contribution in [3.8, 4) is 0 Å². The average molecular weight is 234 g/mol. The number of carboxylic acids is 1. The molecule has 0 saturated carbocycles. The summed E-state index contributed by atoms with van der Waals surface area (Å²) < 4.78 is 0. The number of hydrogen-bond donors (Lipinski definition) is 2. The summed E-state index contributed by atoms with van der Waals surface area (Å²) in [5, 5.41) is 11.1. The lowest BCUT2D eigenvalue weighted by Crippen LogP contribution is -2.44. The van der Waals surface area contributed by atoms with Gasteiger partial charge in [0.1, 0.15) is 0 Å². The van der Waals surface area contributed by atoms with Gasteiger partial charge in [0.05, 0.1) is 12.5 Å². The van der Waals surface area contributed by atoms with E-state index in [9.17, 15) is 9.59 Å². The zero-order valence-electron chi connectivity index (χ0n) is 10.3. The molecule has 0 aromatic rings. The van der Waals surface area contributed by atoms with E-state index in [0.717, 1.165) is 19.3 Å². The molecule has 0 spiro atoms. The Bertz CT molecular complexity index is 229. The molecule has 5 nitrogen and oxygen atoms in total. The Labute approximate surface area is 96.8 Å². The molecular weight excluding hydrogens is 212 g/mol. The Morgan fingerprint density at radius 3 is 2.44 bits per heavy atom. The molecule has 2 N–H and O–H groups in total. The third kappa shape index (κ3) is 6.40. The van der Waals surface area contributed by atoms with Crippen LogP contribution in [-0.2, 0) is 9.59 Å². The molecule has 1 amide bonds. The molecule has 0 aliphatic heterocycles. The van der Waals surface area contributed by atoms with Crippen LogP contribution in [0, 0.1) is 0 Å². The first kappa shape index (κ1) is 14.9. The third-order valence-electron chi connectivity index (χ3n) is 2.40. The maximum Gasteiger partial charge on any atom is 0.305 e. The molecular formula is C11H22N2O3. The molecule has 0 aromatic carbocycles. The molecule has 0 saturated heterocycles. The summed E-state index contributed by atoms with van der Waals surface area (Å²) in [5.41, 5.74) is 0. The highest BCUT2D eigenvalue weighted by Crippen LogP contribution is 2.05. The molecule has 0 rings (SSSR count). The second-order valence-electron chi connectivity index (χ2n) is 4.06. The number of carbonyl (C=O) groups excluding carboxylic acids is 1. The van der Waals surface area contributed by atoms with Gasteiger partial charge in [-0.1, -0.05) is 19.8 Å². The van der Waals surface area contributed by atoms with Crippen LogP contribution in [0.1, 0.15) is 32.6 Å². The number of nitrogens with zero attached hydrogens (tertiary/aromatic N) is 1. The highest BCUT2D eigenvalue weighted by atomic mass is 16.4. The van der Waals surface area contributed by atoms with Crippen LogP contribution < -0.4 is 5.32 Å². The number of hydrogen-bond acceptors (Lipinski definition) is 3. The van der Waals surface area contributed by atoms with Crippen molar-refractivity contribution < 1.29 is 14.7 Å². The van der Waals surface area contributed by atoms with E-state index in [1.807, 2.05) is 19.0 Å². The van der Waals surface area contributed by atoms with Gasteiger partial charge in [-0.05, 0) is 20.5 Å². The standard InChI is InChI=1S/C11H22N2O3/c1-4-5-6-9(13(2)3)11(16)12-8-7-10(14)15/h9H,4-8H2,1-3H3,(H,12,16)(H,14,15)/i1+1,2+1,4+1,13+1. The molecule has 0 heterocycles. The fraction of sp³-hybridized carbons (Fsp3) is 0.818. The van der Waals surface area contributed by atoms with Crippen molar-refractivity contribution in [3.63, 3.8) is 0 Å². The number of nitrogens with one attached hydrogen (secondary N) is 1. The zero-order chi connectivity index (χ0) is 12.6. The first-order valence-corrected chi connectivity index (χ1v) is 5.65. The molecule has 0 fully saturated rings. The number of aliphatic carboxylic acids is 1. The van der Waals surface area contributed by atoms with Crippen LogP contribution in [0.15, 0.2) is 0 Å². The first-order chi connectivity index (χ1) is 7.49. The molecule has 1 atom stereocenters. The van der Waals surface area contributed by atoms with Crippen LogP contribution in [0.2, 0.25) is 0 Å². The Morgan fingerprint density at radius 2 is 2.00 bits per heavy atom. The Balaban J connectivity index is 4.01. The summed E-state index contributed by atoms with van der Waals surface area (Å²) >= 11 is 0. The Kier molecular flexibility index (Phi) is 7.54. The topological polar surface area (TPSA) is 69.6 Å². The van der Waals surface area contributed by atoms with Crippen LogP contribution in [0.3, 0.4) is 0 Å². The summed E-state index contributed by atoms with van der Waals surface area (Å²) in [6, 6.07) is -0.159. The SMILES string of the molecule is C[15N]([13CH3])C(CC[13CH2][13CH3])C(=O)NCCC(=O)O. The van der Waals surface area contributed by atoms with Crippen LogP contribution in [0.25, 0.3) is 0 Å². The van der Waals surface area contributed by atoms with Gasteiger partial charge >= 0.3 is 5.97 Å². The maximum absolute atomic E-state index is 11.7. The second kappa shape index (κ2) is 8.10. The molecule has 16 heavy (non-hydrogen) atoms.